The molecule has 3 aromatic rings. The Bertz CT molecular complexity index is 1360. The Balaban J connectivity index is 1.54. The zero-order chi connectivity index (χ0) is 27.0. The minimum Gasteiger partial charge on any atom is -0.388 e. The van der Waals surface area contributed by atoms with Crippen molar-refractivity contribution in [2.45, 2.75) is 30.5 Å². The van der Waals surface area contributed by atoms with Gasteiger partial charge in [-0.25, -0.2) is 4.39 Å². The molecule has 6 nitrogen and oxygen atoms in total. The lowest BCUT2D eigenvalue weighted by atomic mass is 9.78. The summed E-state index contributed by atoms with van der Waals surface area (Å²) in [6.07, 6.45) is -0.319. The van der Waals surface area contributed by atoms with Crippen molar-refractivity contribution in [1.82, 2.24) is 0 Å². The first kappa shape index (κ1) is 27.3. The molecule has 1 amide bonds. The van der Waals surface area contributed by atoms with Gasteiger partial charge in [-0.2, -0.15) is 21.6 Å². The summed E-state index contributed by atoms with van der Waals surface area (Å²) >= 11 is 2.15. The summed E-state index contributed by atoms with van der Waals surface area (Å²) in [5, 5.41) is 10.5. The number of halogens is 5. The summed E-state index contributed by atoms with van der Waals surface area (Å²) in [6.45, 7) is 0. The Morgan fingerprint density at radius 3 is 2.14 bits per heavy atom. The molecule has 0 saturated carbocycles. The fraction of sp³-hybridized carbons (Fsp3) is 0.240. The molecule has 0 bridgehead atoms. The second kappa shape index (κ2) is 10.6. The molecular weight excluding hydrogens is 629 g/mol. The molecule has 1 fully saturated rings. The predicted octanol–water partition coefficient (Wildman–Crippen LogP) is 5.88. The molecule has 3 atom stereocenters. The molecule has 1 aliphatic heterocycles. The molecule has 3 aromatic carbocycles. The predicted molar refractivity (Wildman–Crippen MR) is 136 cm³/mol. The molecule has 0 aromatic heterocycles. The van der Waals surface area contributed by atoms with Crippen LogP contribution in [0.3, 0.4) is 0 Å². The van der Waals surface area contributed by atoms with E-state index < -0.39 is 45.3 Å². The number of rotatable bonds is 8. The van der Waals surface area contributed by atoms with Crippen LogP contribution in [-0.4, -0.2) is 24.9 Å². The lowest BCUT2D eigenvalue weighted by molar-refractivity contribution is -0.131. The fourth-order valence-electron chi connectivity index (χ4n) is 4.18. The van der Waals surface area contributed by atoms with Gasteiger partial charge in [-0.3, -0.25) is 4.79 Å². The number of benzene rings is 3. The van der Waals surface area contributed by atoms with Crippen LogP contribution in [0.5, 0.6) is 5.75 Å². The number of anilines is 1. The molecule has 37 heavy (non-hydrogen) atoms. The Hall–Kier alpha value is -2.71. The van der Waals surface area contributed by atoms with Gasteiger partial charge in [-0.05, 0) is 95.1 Å². The second-order valence-electron chi connectivity index (χ2n) is 8.43. The zero-order valence-electron chi connectivity index (χ0n) is 18.9. The highest BCUT2D eigenvalue weighted by Gasteiger charge is 2.49. The molecule has 3 unspecified atom stereocenters. The molecule has 12 heteroatoms. The molecule has 0 spiro atoms. The molecule has 1 aliphatic rings. The van der Waals surface area contributed by atoms with Crippen LogP contribution in [-0.2, 0) is 14.9 Å². The van der Waals surface area contributed by atoms with Gasteiger partial charge in [-0.15, -0.1) is 0 Å². The van der Waals surface area contributed by atoms with E-state index in [1.807, 2.05) is 24.3 Å². The summed E-state index contributed by atoms with van der Waals surface area (Å²) in [5.74, 6) is -1.71. The van der Waals surface area contributed by atoms with E-state index in [0.717, 1.165) is 21.3 Å². The van der Waals surface area contributed by atoms with Crippen LogP contribution in [0.15, 0.2) is 72.8 Å². The van der Waals surface area contributed by atoms with E-state index >= 15 is 0 Å². The smallest absolute Gasteiger partial charge is 0.388 e. The maximum atomic E-state index is 13.2. The molecule has 1 N–H and O–H groups in total. The molecule has 1 heterocycles. The zero-order valence-corrected chi connectivity index (χ0v) is 21.9. The number of amides is 1. The summed E-state index contributed by atoms with van der Waals surface area (Å²) in [4.78, 5) is 14.6. The molecule has 1 saturated heterocycles. The number of carbonyl (C=O) groups excluding carboxylic acids is 1. The Kier molecular flexibility index (Phi) is 7.81. The molecule has 0 radical (unpaired) electrons. The van der Waals surface area contributed by atoms with E-state index in [9.17, 15) is 35.9 Å². The summed E-state index contributed by atoms with van der Waals surface area (Å²) in [5.41, 5.74) is -3.87. The van der Waals surface area contributed by atoms with Crippen LogP contribution in [0.4, 0.5) is 23.2 Å². The van der Waals surface area contributed by atoms with Crippen molar-refractivity contribution in [3.8, 4) is 5.75 Å². The number of hydrogen-bond acceptors (Lipinski definition) is 5. The third-order valence-electron chi connectivity index (χ3n) is 6.04. The summed E-state index contributed by atoms with van der Waals surface area (Å²) in [7, 11) is -5.82. The first-order valence-corrected chi connectivity index (χ1v) is 13.5. The van der Waals surface area contributed by atoms with Crippen LogP contribution in [0.1, 0.15) is 36.1 Å². The second-order valence-corrected chi connectivity index (χ2v) is 11.2. The average Bonchev–Trinajstić information content (AvgIpc) is 2.83. The Morgan fingerprint density at radius 1 is 0.973 bits per heavy atom. The standard InChI is InChI=1S/C25H20F4INO5S/c26-17-5-1-15(2-6-17)22(32)14-13-21-23(16-3-7-18(30)8-4-16)31(24(21)33)19-9-11-20(12-10-19)36-37(34,35)25(27,28)29/h1-12,21-23,32H,13-14H2. The van der Waals surface area contributed by atoms with Crippen LogP contribution in [0, 0.1) is 15.3 Å². The first-order valence-electron chi connectivity index (χ1n) is 11.0. The van der Waals surface area contributed by atoms with Crippen molar-refractivity contribution in [1.29, 1.82) is 0 Å². The minimum absolute atomic E-state index is 0.249. The highest BCUT2D eigenvalue weighted by molar-refractivity contribution is 14.1. The van der Waals surface area contributed by atoms with Gasteiger partial charge in [0.1, 0.15) is 11.6 Å². The average molecular weight is 649 g/mol. The van der Waals surface area contributed by atoms with E-state index in [1.54, 1.807) is 0 Å². The number of β-lactam (4-membered cyclic amide) rings is 1. The van der Waals surface area contributed by atoms with Gasteiger partial charge in [0.15, 0.2) is 0 Å². The molecular formula is C25H20F4INO5S. The first-order chi connectivity index (χ1) is 17.4. The maximum Gasteiger partial charge on any atom is 0.534 e. The largest absolute Gasteiger partial charge is 0.534 e. The normalized spacial score (nSPS) is 18.9. The minimum atomic E-state index is -5.82. The molecule has 0 aliphatic carbocycles. The quantitative estimate of drug-likeness (QED) is 0.109. The van der Waals surface area contributed by atoms with Gasteiger partial charge < -0.3 is 14.2 Å². The molecule has 196 valence electrons. The van der Waals surface area contributed by atoms with Crippen molar-refractivity contribution in [3.05, 3.63) is 93.3 Å². The highest BCUT2D eigenvalue weighted by Crippen LogP contribution is 2.46. The Labute approximate surface area is 224 Å². The van der Waals surface area contributed by atoms with Crippen LogP contribution in [0.25, 0.3) is 0 Å². The topological polar surface area (TPSA) is 83.9 Å². The summed E-state index contributed by atoms with van der Waals surface area (Å²) in [6, 6.07) is 17.2. The van der Waals surface area contributed by atoms with E-state index in [0.29, 0.717) is 17.7 Å². The third-order valence-corrected chi connectivity index (χ3v) is 7.73. The van der Waals surface area contributed by atoms with E-state index in [2.05, 4.69) is 26.8 Å². The van der Waals surface area contributed by atoms with Gasteiger partial charge in [0, 0.05) is 9.26 Å². The van der Waals surface area contributed by atoms with Crippen LogP contribution in [0.2, 0.25) is 0 Å². The Morgan fingerprint density at radius 2 is 1.57 bits per heavy atom. The maximum absolute atomic E-state index is 13.2. The fourth-order valence-corrected chi connectivity index (χ4v) is 5.00. The number of aliphatic hydroxyl groups excluding tert-OH is 1. The van der Waals surface area contributed by atoms with Gasteiger partial charge in [0.2, 0.25) is 5.91 Å². The number of alkyl halides is 3. The van der Waals surface area contributed by atoms with Crippen molar-refractivity contribution in [2.24, 2.45) is 5.92 Å². The van der Waals surface area contributed by atoms with Crippen LogP contribution < -0.4 is 9.08 Å². The van der Waals surface area contributed by atoms with Gasteiger partial charge in [-0.1, -0.05) is 24.3 Å². The van der Waals surface area contributed by atoms with E-state index in [4.69, 9.17) is 0 Å². The lowest BCUT2D eigenvalue weighted by Gasteiger charge is -2.48. The number of carbonyl (C=O) groups is 1. The van der Waals surface area contributed by atoms with E-state index in [-0.39, 0.29) is 12.3 Å². The SMILES string of the molecule is O=C1C(CCC(O)c2ccc(F)cc2)C(c2ccc(I)cc2)N1c1ccc(OS(=O)(=O)C(F)(F)F)cc1. The van der Waals surface area contributed by atoms with Crippen molar-refractivity contribution < 1.29 is 40.1 Å². The third kappa shape index (κ3) is 5.91. The highest BCUT2D eigenvalue weighted by atomic mass is 127. The number of nitrogens with zero attached hydrogens (tertiary/aromatic N) is 1. The van der Waals surface area contributed by atoms with Crippen molar-refractivity contribution >= 4 is 44.3 Å². The summed E-state index contributed by atoms with van der Waals surface area (Å²) < 4.78 is 78.6. The van der Waals surface area contributed by atoms with E-state index in [1.165, 1.54) is 41.3 Å². The number of hydrogen-bond donors (Lipinski definition) is 1. The lowest BCUT2D eigenvalue weighted by Crippen LogP contribution is -2.55. The molecule has 4 rings (SSSR count). The van der Waals surface area contributed by atoms with Gasteiger partial charge in [0.25, 0.3) is 0 Å². The van der Waals surface area contributed by atoms with Gasteiger partial charge in [0.05, 0.1) is 18.1 Å². The van der Waals surface area contributed by atoms with Crippen molar-refractivity contribution in [3.63, 3.8) is 0 Å². The number of aliphatic hydroxyl groups is 1. The van der Waals surface area contributed by atoms with Crippen LogP contribution >= 0.6 is 22.6 Å². The van der Waals surface area contributed by atoms with Gasteiger partial charge >= 0.3 is 15.6 Å². The van der Waals surface area contributed by atoms with Crippen molar-refractivity contribution in [2.75, 3.05) is 4.90 Å². The monoisotopic (exact) mass is 649 g/mol.